The zero-order chi connectivity index (χ0) is 24.0. The molecular formula is C28H33ClN4O2. The van der Waals surface area contributed by atoms with Crippen molar-refractivity contribution in [2.75, 3.05) is 19.6 Å². The van der Waals surface area contributed by atoms with Crippen molar-refractivity contribution in [2.24, 2.45) is 5.92 Å². The van der Waals surface area contributed by atoms with Gasteiger partial charge in [-0.15, -0.1) is 0 Å². The van der Waals surface area contributed by atoms with Gasteiger partial charge in [-0.3, -0.25) is 4.79 Å². The highest BCUT2D eigenvalue weighted by molar-refractivity contribution is 6.30. The van der Waals surface area contributed by atoms with Crippen LogP contribution in [0.3, 0.4) is 0 Å². The van der Waals surface area contributed by atoms with E-state index in [9.17, 15) is 4.79 Å². The zero-order valence-electron chi connectivity index (χ0n) is 20.0. The number of hydrogen-bond acceptors (Lipinski definition) is 5. The molecule has 2 heterocycles. The lowest BCUT2D eigenvalue weighted by atomic mass is 9.84. The van der Waals surface area contributed by atoms with Crippen LogP contribution < -0.4 is 5.32 Å². The number of halogens is 1. The van der Waals surface area contributed by atoms with Gasteiger partial charge in [0.05, 0.1) is 6.04 Å². The minimum absolute atomic E-state index is 0.0620. The van der Waals surface area contributed by atoms with Crippen LogP contribution >= 0.6 is 11.6 Å². The van der Waals surface area contributed by atoms with Crippen LogP contribution in [0.5, 0.6) is 0 Å². The minimum Gasteiger partial charge on any atom is -0.349 e. The van der Waals surface area contributed by atoms with Gasteiger partial charge in [0.2, 0.25) is 11.8 Å². The van der Waals surface area contributed by atoms with Gasteiger partial charge >= 0.3 is 0 Å². The fourth-order valence-electron chi connectivity index (χ4n) is 5.02. The molecule has 7 heteroatoms. The van der Waals surface area contributed by atoms with E-state index in [1.54, 1.807) is 0 Å². The van der Waals surface area contributed by atoms with Gasteiger partial charge in [-0.25, -0.2) is 0 Å². The van der Waals surface area contributed by atoms with Gasteiger partial charge in [0.15, 0.2) is 5.82 Å². The Labute approximate surface area is 212 Å². The molecule has 1 aliphatic carbocycles. The number of aromatic nitrogens is 2. The number of benzene rings is 2. The number of likely N-dealkylation sites (tertiary alicyclic amines) is 1. The van der Waals surface area contributed by atoms with Gasteiger partial charge < -0.3 is 14.7 Å². The lowest BCUT2D eigenvalue weighted by Crippen LogP contribution is -2.39. The summed E-state index contributed by atoms with van der Waals surface area (Å²) >= 11 is 6.09. The molecule has 1 aliphatic heterocycles. The first-order chi connectivity index (χ1) is 17.1. The zero-order valence-corrected chi connectivity index (χ0v) is 20.8. The Morgan fingerprint density at radius 1 is 1.09 bits per heavy atom. The summed E-state index contributed by atoms with van der Waals surface area (Å²) in [5.74, 6) is 2.17. The molecule has 1 N–H and O–H groups in total. The quantitative estimate of drug-likeness (QED) is 0.424. The lowest BCUT2D eigenvalue weighted by Gasteiger charge is -2.32. The number of nitrogens with one attached hydrogen (secondary N) is 1. The highest BCUT2D eigenvalue weighted by Crippen LogP contribution is 2.30. The molecule has 1 aromatic heterocycles. The van der Waals surface area contributed by atoms with Crippen molar-refractivity contribution in [1.82, 2.24) is 20.4 Å². The van der Waals surface area contributed by atoms with Crippen molar-refractivity contribution in [3.8, 4) is 0 Å². The first kappa shape index (κ1) is 24.0. The third kappa shape index (κ3) is 6.30. The summed E-state index contributed by atoms with van der Waals surface area (Å²) in [7, 11) is 0. The lowest BCUT2D eigenvalue weighted by molar-refractivity contribution is -0.128. The largest absolute Gasteiger partial charge is 0.349 e. The van der Waals surface area contributed by atoms with E-state index >= 15 is 0 Å². The first-order valence-corrected chi connectivity index (χ1v) is 13.2. The van der Waals surface area contributed by atoms with Gasteiger partial charge in [-0.1, -0.05) is 65.6 Å². The molecule has 0 unspecified atom stereocenters. The molecule has 6 nitrogen and oxygen atoms in total. The Morgan fingerprint density at radius 3 is 2.60 bits per heavy atom. The molecule has 1 saturated heterocycles. The molecular weight excluding hydrogens is 460 g/mol. The van der Waals surface area contributed by atoms with Gasteiger partial charge in [-0.05, 0) is 68.5 Å². The van der Waals surface area contributed by atoms with Crippen molar-refractivity contribution in [1.29, 1.82) is 0 Å². The van der Waals surface area contributed by atoms with Crippen molar-refractivity contribution >= 4 is 17.5 Å². The summed E-state index contributed by atoms with van der Waals surface area (Å²) in [4.78, 5) is 19.8. The van der Waals surface area contributed by atoms with Crippen molar-refractivity contribution in [3.63, 3.8) is 0 Å². The van der Waals surface area contributed by atoms with E-state index in [1.165, 1.54) is 12.0 Å². The van der Waals surface area contributed by atoms with E-state index in [2.05, 4.69) is 32.5 Å². The molecule has 0 bridgehead atoms. The molecule has 1 atom stereocenters. The third-order valence-corrected chi connectivity index (χ3v) is 7.64. The Bertz CT molecular complexity index is 1110. The molecule has 2 fully saturated rings. The standard InChI is InChI=1S/C28H33ClN4O2/c29-24-11-4-6-20(18-24)19-26-31-28(35-32-26)23-12-15-33(16-13-23)17-14-25(21-7-2-1-3-8-21)30-27(34)22-9-5-10-22/h1-4,6-8,11,18,22-23,25H,5,9-10,12-17,19H2,(H,30,34)/t25-/m0/s1. The van der Waals surface area contributed by atoms with Crippen LogP contribution in [0.1, 0.15) is 73.3 Å². The van der Waals surface area contributed by atoms with Gasteiger partial charge in [-0.2, -0.15) is 4.98 Å². The molecule has 184 valence electrons. The average molecular weight is 493 g/mol. The number of rotatable bonds is 9. The summed E-state index contributed by atoms with van der Waals surface area (Å²) < 4.78 is 5.62. The summed E-state index contributed by atoms with van der Waals surface area (Å²) in [5.41, 5.74) is 2.27. The minimum atomic E-state index is 0.0620. The predicted molar refractivity (Wildman–Crippen MR) is 136 cm³/mol. The first-order valence-electron chi connectivity index (χ1n) is 12.8. The molecule has 2 aliphatic rings. The van der Waals surface area contributed by atoms with Gasteiger partial charge in [0, 0.05) is 29.8 Å². The number of amides is 1. The van der Waals surface area contributed by atoms with Crippen LogP contribution in [0.4, 0.5) is 0 Å². The maximum absolute atomic E-state index is 12.6. The SMILES string of the molecule is O=C(N[C@@H](CCN1CCC(c2nc(Cc3cccc(Cl)c3)no2)CC1)c1ccccc1)C1CCC1. The Balaban J connectivity index is 1.12. The Kier molecular flexibility index (Phi) is 7.79. The maximum atomic E-state index is 12.6. The number of hydrogen-bond donors (Lipinski definition) is 1. The average Bonchev–Trinajstić information content (AvgIpc) is 3.30. The van der Waals surface area contributed by atoms with Crippen LogP contribution in [0.15, 0.2) is 59.1 Å². The molecule has 3 aromatic rings. The van der Waals surface area contributed by atoms with E-state index in [-0.39, 0.29) is 17.9 Å². The summed E-state index contributed by atoms with van der Waals surface area (Å²) in [6.45, 7) is 2.95. The van der Waals surface area contributed by atoms with E-state index in [0.717, 1.165) is 68.2 Å². The van der Waals surface area contributed by atoms with Crippen LogP contribution in [-0.4, -0.2) is 40.6 Å². The van der Waals surface area contributed by atoms with Crippen LogP contribution in [-0.2, 0) is 11.2 Å². The molecule has 5 rings (SSSR count). The topological polar surface area (TPSA) is 71.3 Å². The number of nitrogens with zero attached hydrogens (tertiary/aromatic N) is 3. The molecule has 1 saturated carbocycles. The summed E-state index contributed by atoms with van der Waals surface area (Å²) in [6.07, 6.45) is 6.76. The fraction of sp³-hybridized carbons (Fsp3) is 0.464. The second kappa shape index (κ2) is 11.4. The van der Waals surface area contributed by atoms with E-state index in [4.69, 9.17) is 16.1 Å². The summed E-state index contributed by atoms with van der Waals surface area (Å²) in [5, 5.41) is 8.25. The Hall–Kier alpha value is -2.70. The molecule has 35 heavy (non-hydrogen) atoms. The summed E-state index contributed by atoms with van der Waals surface area (Å²) in [6, 6.07) is 18.2. The van der Waals surface area contributed by atoms with Crippen LogP contribution in [0.2, 0.25) is 5.02 Å². The normalized spacial score (nSPS) is 18.2. The Morgan fingerprint density at radius 2 is 1.89 bits per heavy atom. The number of carbonyl (C=O) groups is 1. The number of piperidine rings is 1. The second-order valence-electron chi connectivity index (χ2n) is 9.86. The predicted octanol–water partition coefficient (Wildman–Crippen LogP) is 5.54. The molecule has 0 radical (unpaired) electrons. The number of carbonyl (C=O) groups excluding carboxylic acids is 1. The molecule has 2 aromatic carbocycles. The maximum Gasteiger partial charge on any atom is 0.229 e. The smallest absolute Gasteiger partial charge is 0.229 e. The highest BCUT2D eigenvalue weighted by Gasteiger charge is 2.29. The van der Waals surface area contributed by atoms with Crippen molar-refractivity contribution < 1.29 is 9.32 Å². The molecule has 0 spiro atoms. The van der Waals surface area contributed by atoms with E-state index < -0.39 is 0 Å². The fourth-order valence-corrected chi connectivity index (χ4v) is 5.23. The van der Waals surface area contributed by atoms with Gasteiger partial charge in [0.25, 0.3) is 0 Å². The van der Waals surface area contributed by atoms with Crippen molar-refractivity contribution in [3.05, 3.63) is 82.5 Å². The highest BCUT2D eigenvalue weighted by atomic mass is 35.5. The molecule has 1 amide bonds. The monoisotopic (exact) mass is 492 g/mol. The second-order valence-corrected chi connectivity index (χ2v) is 10.3. The third-order valence-electron chi connectivity index (χ3n) is 7.40. The van der Waals surface area contributed by atoms with Crippen molar-refractivity contribution in [2.45, 2.75) is 56.9 Å². The van der Waals surface area contributed by atoms with E-state index in [0.29, 0.717) is 18.2 Å². The van der Waals surface area contributed by atoms with Crippen LogP contribution in [0, 0.1) is 5.92 Å². The van der Waals surface area contributed by atoms with Crippen LogP contribution in [0.25, 0.3) is 0 Å². The van der Waals surface area contributed by atoms with Gasteiger partial charge in [0.1, 0.15) is 0 Å². The van der Waals surface area contributed by atoms with E-state index in [1.807, 2.05) is 42.5 Å².